The Labute approximate surface area is 104 Å². The monoisotopic (exact) mass is 252 g/mol. The second kappa shape index (κ2) is 5.80. The Morgan fingerprint density at radius 3 is 2.41 bits per heavy atom. The largest absolute Gasteiger partial charge is 0.364 e. The molecule has 90 valence electrons. The second-order valence-electron chi connectivity index (χ2n) is 3.11. The lowest BCUT2D eigenvalue weighted by Crippen LogP contribution is -2.41. The quantitative estimate of drug-likeness (QED) is 0.424. The van der Waals surface area contributed by atoms with E-state index in [4.69, 9.17) is 12.2 Å². The molecule has 0 bridgehead atoms. The standard InChI is InChI=1S/C10H12N4O2S/c1-7(12-13-10(17)11-2)8-3-5-9(6-4-8)14(15)16/h3-6,12H,1H2,2H3,(H2,11,13,17). The smallest absolute Gasteiger partial charge is 0.269 e. The van der Waals surface area contributed by atoms with E-state index < -0.39 is 4.92 Å². The average molecular weight is 252 g/mol. The summed E-state index contributed by atoms with van der Waals surface area (Å²) in [5.41, 5.74) is 6.83. The minimum atomic E-state index is -0.450. The molecule has 0 aliphatic rings. The summed E-state index contributed by atoms with van der Waals surface area (Å²) in [5.74, 6) is 0. The van der Waals surface area contributed by atoms with Crippen molar-refractivity contribution in [3.8, 4) is 0 Å². The molecule has 17 heavy (non-hydrogen) atoms. The Kier molecular flexibility index (Phi) is 4.41. The SMILES string of the molecule is C=C(NNC(=S)NC)c1ccc([N+](=O)[O-])cc1. The number of benzene rings is 1. The Balaban J connectivity index is 2.64. The highest BCUT2D eigenvalue weighted by Gasteiger charge is 2.05. The van der Waals surface area contributed by atoms with Gasteiger partial charge in [0.2, 0.25) is 0 Å². The second-order valence-corrected chi connectivity index (χ2v) is 3.52. The van der Waals surface area contributed by atoms with E-state index in [1.54, 1.807) is 19.2 Å². The van der Waals surface area contributed by atoms with Gasteiger partial charge in [0.15, 0.2) is 5.11 Å². The summed E-state index contributed by atoms with van der Waals surface area (Å²) in [6.07, 6.45) is 0. The van der Waals surface area contributed by atoms with Crippen LogP contribution in [0.4, 0.5) is 5.69 Å². The lowest BCUT2D eigenvalue weighted by Gasteiger charge is -2.12. The number of nitro benzene ring substituents is 1. The summed E-state index contributed by atoms with van der Waals surface area (Å²) in [6.45, 7) is 3.77. The van der Waals surface area contributed by atoms with Gasteiger partial charge in [0.05, 0.1) is 10.6 Å². The van der Waals surface area contributed by atoms with Gasteiger partial charge >= 0.3 is 0 Å². The van der Waals surface area contributed by atoms with Gasteiger partial charge < -0.3 is 5.32 Å². The molecule has 0 radical (unpaired) electrons. The van der Waals surface area contributed by atoms with Crippen molar-refractivity contribution in [1.82, 2.24) is 16.2 Å². The first-order chi connectivity index (χ1) is 8.04. The van der Waals surface area contributed by atoms with Crippen molar-refractivity contribution in [2.75, 3.05) is 7.05 Å². The molecule has 0 atom stereocenters. The molecule has 0 spiro atoms. The third kappa shape index (κ3) is 3.72. The van der Waals surface area contributed by atoms with Gasteiger partial charge in [0.1, 0.15) is 0 Å². The highest BCUT2D eigenvalue weighted by atomic mass is 32.1. The van der Waals surface area contributed by atoms with Gasteiger partial charge in [-0.1, -0.05) is 6.58 Å². The highest BCUT2D eigenvalue weighted by molar-refractivity contribution is 7.80. The molecule has 0 unspecified atom stereocenters. The first kappa shape index (κ1) is 12.9. The van der Waals surface area contributed by atoms with Crippen molar-refractivity contribution in [2.24, 2.45) is 0 Å². The van der Waals surface area contributed by atoms with Crippen LogP contribution in [0.2, 0.25) is 0 Å². The van der Waals surface area contributed by atoms with Gasteiger partial charge in [-0.05, 0) is 29.9 Å². The fourth-order valence-corrected chi connectivity index (χ4v) is 1.10. The molecule has 3 N–H and O–H groups in total. The lowest BCUT2D eigenvalue weighted by atomic mass is 10.1. The van der Waals surface area contributed by atoms with Gasteiger partial charge in [-0.2, -0.15) is 0 Å². The van der Waals surface area contributed by atoms with E-state index in [9.17, 15) is 10.1 Å². The molecular weight excluding hydrogens is 240 g/mol. The molecule has 0 saturated heterocycles. The van der Waals surface area contributed by atoms with Crippen molar-refractivity contribution in [2.45, 2.75) is 0 Å². The number of hydrazine groups is 1. The van der Waals surface area contributed by atoms with E-state index in [-0.39, 0.29) is 5.69 Å². The predicted molar refractivity (Wildman–Crippen MR) is 70.1 cm³/mol. The molecule has 0 amide bonds. The van der Waals surface area contributed by atoms with Gasteiger partial charge in [-0.15, -0.1) is 0 Å². The number of rotatable bonds is 4. The Morgan fingerprint density at radius 1 is 1.35 bits per heavy atom. The molecule has 7 heteroatoms. The maximum absolute atomic E-state index is 10.5. The predicted octanol–water partition coefficient (Wildman–Crippen LogP) is 1.16. The fraction of sp³-hybridized carbons (Fsp3) is 0.100. The maximum atomic E-state index is 10.5. The van der Waals surface area contributed by atoms with Crippen LogP contribution in [0.1, 0.15) is 5.56 Å². The zero-order valence-corrected chi connectivity index (χ0v) is 10.0. The van der Waals surface area contributed by atoms with Crippen LogP contribution in [0.15, 0.2) is 30.8 Å². The zero-order valence-electron chi connectivity index (χ0n) is 9.19. The van der Waals surface area contributed by atoms with Crippen molar-refractivity contribution in [3.05, 3.63) is 46.5 Å². The molecule has 0 aromatic heterocycles. The summed E-state index contributed by atoms with van der Waals surface area (Å²) < 4.78 is 0. The first-order valence-corrected chi connectivity index (χ1v) is 5.13. The zero-order chi connectivity index (χ0) is 12.8. The Morgan fingerprint density at radius 2 is 1.94 bits per heavy atom. The van der Waals surface area contributed by atoms with Crippen LogP contribution in [0.5, 0.6) is 0 Å². The molecule has 0 saturated carbocycles. The summed E-state index contributed by atoms with van der Waals surface area (Å²) in [7, 11) is 1.69. The van der Waals surface area contributed by atoms with Crippen LogP contribution in [0.25, 0.3) is 5.70 Å². The molecule has 0 aliphatic heterocycles. The molecular formula is C10H12N4O2S. The van der Waals surface area contributed by atoms with E-state index in [2.05, 4.69) is 22.7 Å². The van der Waals surface area contributed by atoms with Crippen LogP contribution >= 0.6 is 12.2 Å². The number of non-ortho nitro benzene ring substituents is 1. The van der Waals surface area contributed by atoms with Crippen LogP contribution in [0.3, 0.4) is 0 Å². The van der Waals surface area contributed by atoms with Gasteiger partial charge in [0.25, 0.3) is 5.69 Å². The molecule has 0 aliphatic carbocycles. The van der Waals surface area contributed by atoms with E-state index in [0.717, 1.165) is 5.56 Å². The molecule has 6 nitrogen and oxygen atoms in total. The molecule has 1 aromatic carbocycles. The average Bonchev–Trinajstić information content (AvgIpc) is 2.35. The number of hydrogen-bond acceptors (Lipinski definition) is 4. The van der Waals surface area contributed by atoms with Crippen molar-refractivity contribution < 1.29 is 4.92 Å². The molecule has 1 rings (SSSR count). The maximum Gasteiger partial charge on any atom is 0.269 e. The van der Waals surface area contributed by atoms with Gasteiger partial charge in [-0.3, -0.25) is 21.0 Å². The number of hydrogen-bond donors (Lipinski definition) is 3. The molecule has 0 fully saturated rings. The van der Waals surface area contributed by atoms with Crippen LogP contribution in [-0.4, -0.2) is 17.1 Å². The minimum absolute atomic E-state index is 0.0419. The van der Waals surface area contributed by atoms with Crippen LogP contribution in [-0.2, 0) is 0 Å². The van der Waals surface area contributed by atoms with E-state index in [1.165, 1.54) is 12.1 Å². The molecule has 0 heterocycles. The summed E-state index contributed by atoms with van der Waals surface area (Å²) in [6, 6.07) is 6.05. The highest BCUT2D eigenvalue weighted by Crippen LogP contribution is 2.15. The Hall–Kier alpha value is -2.15. The fourth-order valence-electron chi connectivity index (χ4n) is 1.05. The number of nitrogens with zero attached hydrogens (tertiary/aromatic N) is 1. The number of thiocarbonyl (C=S) groups is 1. The van der Waals surface area contributed by atoms with E-state index in [1.807, 2.05) is 0 Å². The van der Waals surface area contributed by atoms with E-state index in [0.29, 0.717) is 10.8 Å². The van der Waals surface area contributed by atoms with Crippen LogP contribution < -0.4 is 16.2 Å². The van der Waals surface area contributed by atoms with Gasteiger partial charge in [0, 0.05) is 19.2 Å². The Bertz CT molecular complexity index is 444. The normalized spacial score (nSPS) is 9.24. The summed E-state index contributed by atoms with van der Waals surface area (Å²) in [4.78, 5) is 10.0. The third-order valence-electron chi connectivity index (χ3n) is 1.98. The van der Waals surface area contributed by atoms with Crippen molar-refractivity contribution >= 4 is 28.7 Å². The summed E-state index contributed by atoms with van der Waals surface area (Å²) >= 11 is 4.86. The third-order valence-corrected chi connectivity index (χ3v) is 2.29. The van der Waals surface area contributed by atoms with E-state index >= 15 is 0 Å². The van der Waals surface area contributed by atoms with Crippen molar-refractivity contribution in [1.29, 1.82) is 0 Å². The minimum Gasteiger partial charge on any atom is -0.364 e. The molecule has 1 aromatic rings. The van der Waals surface area contributed by atoms with Crippen LogP contribution in [0, 0.1) is 10.1 Å². The first-order valence-electron chi connectivity index (χ1n) is 4.72. The summed E-state index contributed by atoms with van der Waals surface area (Å²) in [5, 5.41) is 13.6. The van der Waals surface area contributed by atoms with Crippen molar-refractivity contribution in [3.63, 3.8) is 0 Å². The lowest BCUT2D eigenvalue weighted by molar-refractivity contribution is -0.384. The number of nitro groups is 1. The van der Waals surface area contributed by atoms with Gasteiger partial charge in [-0.25, -0.2) is 0 Å². The topological polar surface area (TPSA) is 79.2 Å². The number of nitrogens with one attached hydrogen (secondary N) is 3.